The van der Waals surface area contributed by atoms with E-state index in [0.717, 1.165) is 11.3 Å². The first-order valence-corrected chi connectivity index (χ1v) is 6.97. The highest BCUT2D eigenvalue weighted by atomic mass is 16.2. The third kappa shape index (κ3) is 1.34. The minimum absolute atomic E-state index is 0.139. The van der Waals surface area contributed by atoms with Crippen molar-refractivity contribution in [2.45, 2.75) is 25.3 Å². The van der Waals surface area contributed by atoms with Gasteiger partial charge in [-0.3, -0.25) is 29.4 Å². The molecule has 2 aliphatic heterocycles. The highest BCUT2D eigenvalue weighted by Gasteiger charge is 2.61. The van der Waals surface area contributed by atoms with Gasteiger partial charge in [0.25, 0.3) is 0 Å². The first-order valence-electron chi connectivity index (χ1n) is 6.97. The molecule has 4 rings (SSSR count). The molecule has 1 saturated carbocycles. The fraction of sp³-hybridized carbons (Fsp3) is 0.571. The number of nitrogens with zero attached hydrogens (tertiary/aromatic N) is 1. The first-order chi connectivity index (χ1) is 9.58. The van der Waals surface area contributed by atoms with Crippen molar-refractivity contribution in [2.24, 2.45) is 23.7 Å². The minimum atomic E-state index is -0.808. The molecule has 0 radical (unpaired) electrons. The molecule has 2 heterocycles. The van der Waals surface area contributed by atoms with Crippen LogP contribution in [0.1, 0.15) is 19.3 Å². The summed E-state index contributed by atoms with van der Waals surface area (Å²) in [6.07, 6.45) is 5.32. The van der Waals surface area contributed by atoms with Gasteiger partial charge in [0, 0.05) is 6.42 Å². The number of amides is 4. The van der Waals surface area contributed by atoms with Gasteiger partial charge in [-0.05, 0) is 24.7 Å². The zero-order chi connectivity index (χ0) is 14.0. The molecule has 20 heavy (non-hydrogen) atoms. The van der Waals surface area contributed by atoms with Crippen LogP contribution in [-0.4, -0.2) is 34.6 Å². The summed E-state index contributed by atoms with van der Waals surface area (Å²) in [5.74, 6) is -1.63. The molecule has 1 N–H and O–H groups in total. The highest BCUT2D eigenvalue weighted by molar-refractivity contribution is 6.11. The summed E-state index contributed by atoms with van der Waals surface area (Å²) in [6, 6.07) is -0.808. The Morgan fingerprint density at radius 1 is 1.00 bits per heavy atom. The summed E-state index contributed by atoms with van der Waals surface area (Å²) < 4.78 is 0. The van der Waals surface area contributed by atoms with Gasteiger partial charge < -0.3 is 0 Å². The second kappa shape index (κ2) is 3.77. The quantitative estimate of drug-likeness (QED) is 0.521. The maximum Gasteiger partial charge on any atom is 0.249 e. The van der Waals surface area contributed by atoms with Crippen molar-refractivity contribution >= 4 is 23.6 Å². The molecule has 6 heteroatoms. The van der Waals surface area contributed by atoms with E-state index >= 15 is 0 Å². The number of hydrogen-bond acceptors (Lipinski definition) is 4. The van der Waals surface area contributed by atoms with Crippen molar-refractivity contribution in [3.63, 3.8) is 0 Å². The lowest BCUT2D eigenvalue weighted by molar-refractivity contribution is -0.152. The Hall–Kier alpha value is -1.98. The second-order valence-electron chi connectivity index (χ2n) is 6.01. The van der Waals surface area contributed by atoms with Crippen LogP contribution in [0.25, 0.3) is 0 Å². The summed E-state index contributed by atoms with van der Waals surface area (Å²) >= 11 is 0. The number of hydrogen-bond donors (Lipinski definition) is 1. The fourth-order valence-corrected chi connectivity index (χ4v) is 4.16. The normalized spacial score (nSPS) is 42.4. The lowest BCUT2D eigenvalue weighted by Crippen LogP contribution is -2.54. The van der Waals surface area contributed by atoms with E-state index in [-0.39, 0.29) is 54.2 Å². The molecule has 2 aliphatic carbocycles. The predicted molar refractivity (Wildman–Crippen MR) is 65.7 cm³/mol. The van der Waals surface area contributed by atoms with Crippen LogP contribution in [-0.2, 0) is 19.2 Å². The molecule has 0 spiro atoms. The van der Waals surface area contributed by atoms with Crippen LogP contribution in [0.5, 0.6) is 0 Å². The predicted octanol–water partition coefficient (Wildman–Crippen LogP) is -0.401. The van der Waals surface area contributed by atoms with E-state index in [2.05, 4.69) is 5.32 Å². The Balaban J connectivity index is 1.65. The molecule has 104 valence electrons. The summed E-state index contributed by atoms with van der Waals surface area (Å²) in [7, 11) is 0. The third-order valence-corrected chi connectivity index (χ3v) is 5.03. The molecule has 2 bridgehead atoms. The van der Waals surface area contributed by atoms with Crippen molar-refractivity contribution in [1.82, 2.24) is 10.2 Å². The summed E-state index contributed by atoms with van der Waals surface area (Å²) in [6.45, 7) is 0. The maximum absolute atomic E-state index is 12.5. The van der Waals surface area contributed by atoms with E-state index in [1.54, 1.807) is 0 Å². The standard InChI is InChI=1S/C14H14N2O4/c17-9-4-3-8(12(18)15-9)16-13(19)10-6-1-2-7(5-6)11(10)14(16)20/h1-2,6-8,10-11H,3-5H2,(H,15,17,18). The molecule has 0 aromatic carbocycles. The van der Waals surface area contributed by atoms with Gasteiger partial charge in [-0.25, -0.2) is 0 Å². The number of fused-ring (bicyclic) bond motifs is 5. The molecule has 4 aliphatic rings. The maximum atomic E-state index is 12.5. The molecular formula is C14H14N2O4. The third-order valence-electron chi connectivity index (χ3n) is 5.03. The van der Waals surface area contributed by atoms with Gasteiger partial charge >= 0.3 is 0 Å². The van der Waals surface area contributed by atoms with E-state index in [1.165, 1.54) is 0 Å². The lowest BCUT2D eigenvalue weighted by Gasteiger charge is -2.29. The van der Waals surface area contributed by atoms with Crippen LogP contribution >= 0.6 is 0 Å². The molecule has 6 nitrogen and oxygen atoms in total. The van der Waals surface area contributed by atoms with Crippen molar-refractivity contribution in [1.29, 1.82) is 0 Å². The molecule has 0 aromatic heterocycles. The smallest absolute Gasteiger partial charge is 0.249 e. The van der Waals surface area contributed by atoms with Crippen molar-refractivity contribution in [3.8, 4) is 0 Å². The van der Waals surface area contributed by atoms with Crippen LogP contribution in [0.2, 0.25) is 0 Å². The van der Waals surface area contributed by atoms with Crippen LogP contribution in [0, 0.1) is 23.7 Å². The second-order valence-corrected chi connectivity index (χ2v) is 6.01. The van der Waals surface area contributed by atoms with Gasteiger partial charge in [0.2, 0.25) is 23.6 Å². The van der Waals surface area contributed by atoms with E-state index < -0.39 is 11.9 Å². The lowest BCUT2D eigenvalue weighted by atomic mass is 9.85. The Bertz CT molecular complexity index is 552. The van der Waals surface area contributed by atoms with Crippen LogP contribution in [0.4, 0.5) is 0 Å². The molecule has 5 unspecified atom stereocenters. The average molecular weight is 274 g/mol. The van der Waals surface area contributed by atoms with Crippen molar-refractivity contribution in [2.75, 3.05) is 0 Å². The number of nitrogens with one attached hydrogen (secondary N) is 1. The number of allylic oxidation sites excluding steroid dienone is 2. The SMILES string of the molecule is O=C1CCC(N2C(=O)C3C4C=CC(C4)C3C2=O)C(=O)N1. The van der Waals surface area contributed by atoms with Gasteiger partial charge in [-0.15, -0.1) is 0 Å². The summed E-state index contributed by atoms with van der Waals surface area (Å²) in [5, 5.41) is 2.21. The Labute approximate surface area is 115 Å². The Morgan fingerprint density at radius 2 is 1.60 bits per heavy atom. The molecule has 5 atom stereocenters. The number of piperidine rings is 1. The first kappa shape index (κ1) is 11.8. The molecule has 2 saturated heterocycles. The molecule has 0 aromatic rings. The monoisotopic (exact) mass is 274 g/mol. The topological polar surface area (TPSA) is 83.6 Å². The van der Waals surface area contributed by atoms with Gasteiger partial charge in [-0.2, -0.15) is 0 Å². The van der Waals surface area contributed by atoms with Gasteiger partial charge in [-0.1, -0.05) is 12.2 Å². The van der Waals surface area contributed by atoms with E-state index in [1.807, 2.05) is 12.2 Å². The minimum Gasteiger partial charge on any atom is -0.295 e. The number of rotatable bonds is 1. The Kier molecular flexibility index (Phi) is 2.23. The fourth-order valence-electron chi connectivity index (χ4n) is 4.16. The number of imide groups is 2. The van der Waals surface area contributed by atoms with E-state index in [0.29, 0.717) is 0 Å². The zero-order valence-corrected chi connectivity index (χ0v) is 10.7. The average Bonchev–Trinajstić information content (AvgIpc) is 3.06. The van der Waals surface area contributed by atoms with Crippen molar-refractivity contribution in [3.05, 3.63) is 12.2 Å². The van der Waals surface area contributed by atoms with E-state index in [9.17, 15) is 19.2 Å². The van der Waals surface area contributed by atoms with Crippen LogP contribution < -0.4 is 5.32 Å². The number of likely N-dealkylation sites (tertiary alicyclic amines) is 1. The molecule has 3 fully saturated rings. The van der Waals surface area contributed by atoms with Gasteiger partial charge in [0.15, 0.2) is 0 Å². The molecule has 4 amide bonds. The van der Waals surface area contributed by atoms with Crippen LogP contribution in [0.15, 0.2) is 12.2 Å². The van der Waals surface area contributed by atoms with Gasteiger partial charge in [0.1, 0.15) is 6.04 Å². The molecular weight excluding hydrogens is 260 g/mol. The summed E-state index contributed by atoms with van der Waals surface area (Å²) in [5.41, 5.74) is 0. The Morgan fingerprint density at radius 3 is 2.15 bits per heavy atom. The largest absolute Gasteiger partial charge is 0.295 e. The number of carbonyl (C=O) groups excluding carboxylic acids is 4. The zero-order valence-electron chi connectivity index (χ0n) is 10.7. The number of carbonyl (C=O) groups is 4. The highest BCUT2D eigenvalue weighted by Crippen LogP contribution is 2.53. The van der Waals surface area contributed by atoms with Gasteiger partial charge in [0.05, 0.1) is 11.8 Å². The summed E-state index contributed by atoms with van der Waals surface area (Å²) in [4.78, 5) is 49.2. The van der Waals surface area contributed by atoms with Crippen LogP contribution in [0.3, 0.4) is 0 Å². The van der Waals surface area contributed by atoms with Crippen molar-refractivity contribution < 1.29 is 19.2 Å². The van der Waals surface area contributed by atoms with E-state index in [4.69, 9.17) is 0 Å².